The van der Waals surface area contributed by atoms with E-state index in [2.05, 4.69) is 15.3 Å². The molecule has 0 aliphatic heterocycles. The van der Waals surface area contributed by atoms with Gasteiger partial charge in [-0.25, -0.2) is 4.98 Å². The predicted octanol–water partition coefficient (Wildman–Crippen LogP) is 1.29. The molecule has 5 nitrogen and oxygen atoms in total. The van der Waals surface area contributed by atoms with Gasteiger partial charge in [0, 0.05) is 24.5 Å². The van der Waals surface area contributed by atoms with E-state index in [0.717, 1.165) is 35.4 Å². The molecule has 114 valence electrons. The number of rotatable bonds is 2. The summed E-state index contributed by atoms with van der Waals surface area (Å²) in [5.74, 6) is -0.0195. The van der Waals surface area contributed by atoms with Gasteiger partial charge in [0.15, 0.2) is 0 Å². The minimum absolute atomic E-state index is 0.0287. The van der Waals surface area contributed by atoms with Crippen LogP contribution in [0.5, 0.6) is 0 Å². The Morgan fingerprint density at radius 3 is 3.09 bits per heavy atom. The van der Waals surface area contributed by atoms with Gasteiger partial charge >= 0.3 is 0 Å². The van der Waals surface area contributed by atoms with Gasteiger partial charge in [0.2, 0.25) is 5.91 Å². The average molecular weight is 297 g/mol. The Hall–Kier alpha value is -2.14. The third-order valence-electron chi connectivity index (χ3n) is 4.86. The average Bonchev–Trinajstić information content (AvgIpc) is 3.11. The largest absolute Gasteiger partial charge is 0.390 e. The monoisotopic (exact) mass is 297 g/mol. The first-order valence-electron chi connectivity index (χ1n) is 7.79. The molecule has 0 unspecified atom stereocenters. The summed E-state index contributed by atoms with van der Waals surface area (Å²) in [7, 11) is 0. The number of fused-ring (bicyclic) bond motifs is 2. The fourth-order valence-corrected chi connectivity index (χ4v) is 3.64. The molecule has 2 aromatic rings. The molecule has 3 N–H and O–H groups in total. The quantitative estimate of drug-likeness (QED) is 0.781. The smallest absolute Gasteiger partial charge is 0.224 e. The first-order valence-corrected chi connectivity index (χ1v) is 7.79. The molecule has 0 bridgehead atoms. The lowest BCUT2D eigenvalue weighted by Crippen LogP contribution is -2.39. The zero-order valence-electron chi connectivity index (χ0n) is 12.2. The molecule has 0 spiro atoms. The van der Waals surface area contributed by atoms with Crippen LogP contribution in [0.3, 0.4) is 0 Å². The molecule has 2 aliphatic carbocycles. The van der Waals surface area contributed by atoms with Crippen molar-refractivity contribution in [2.24, 2.45) is 5.92 Å². The van der Waals surface area contributed by atoms with Crippen molar-refractivity contribution in [1.29, 1.82) is 0 Å². The SMILES string of the molecule is O=C(N[C@@H]1c2ccccc2C[C@@H]1O)[C@H]1CCc2nc[nH]c2C1. The van der Waals surface area contributed by atoms with Crippen LogP contribution in [0, 0.1) is 5.92 Å². The lowest BCUT2D eigenvalue weighted by Gasteiger charge is -2.24. The zero-order chi connectivity index (χ0) is 15.1. The third-order valence-corrected chi connectivity index (χ3v) is 4.86. The maximum Gasteiger partial charge on any atom is 0.224 e. The van der Waals surface area contributed by atoms with Crippen LogP contribution in [-0.4, -0.2) is 27.1 Å². The molecule has 1 aromatic heterocycles. The van der Waals surface area contributed by atoms with Crippen molar-refractivity contribution in [2.45, 2.75) is 37.8 Å². The van der Waals surface area contributed by atoms with Crippen molar-refractivity contribution in [3.05, 3.63) is 53.1 Å². The summed E-state index contributed by atoms with van der Waals surface area (Å²) < 4.78 is 0. The maximum absolute atomic E-state index is 12.6. The van der Waals surface area contributed by atoms with Crippen LogP contribution in [0.15, 0.2) is 30.6 Å². The molecule has 1 aromatic carbocycles. The molecule has 22 heavy (non-hydrogen) atoms. The van der Waals surface area contributed by atoms with E-state index >= 15 is 0 Å². The van der Waals surface area contributed by atoms with Gasteiger partial charge in [-0.05, 0) is 24.0 Å². The Morgan fingerprint density at radius 2 is 2.18 bits per heavy atom. The Bertz CT molecular complexity index is 709. The number of carbonyl (C=O) groups excluding carboxylic acids is 1. The van der Waals surface area contributed by atoms with Crippen LogP contribution in [-0.2, 0) is 24.1 Å². The van der Waals surface area contributed by atoms with E-state index < -0.39 is 6.10 Å². The van der Waals surface area contributed by atoms with Crippen LogP contribution in [0.25, 0.3) is 0 Å². The number of hydrogen-bond donors (Lipinski definition) is 3. The summed E-state index contributed by atoms with van der Waals surface area (Å²) in [6.45, 7) is 0. The molecule has 3 atom stereocenters. The van der Waals surface area contributed by atoms with Crippen LogP contribution < -0.4 is 5.32 Å². The first kappa shape index (κ1) is 13.5. The second-order valence-corrected chi connectivity index (χ2v) is 6.22. The van der Waals surface area contributed by atoms with E-state index in [1.807, 2.05) is 24.3 Å². The topological polar surface area (TPSA) is 78.0 Å². The maximum atomic E-state index is 12.6. The second kappa shape index (κ2) is 5.25. The van der Waals surface area contributed by atoms with Crippen molar-refractivity contribution >= 4 is 5.91 Å². The Kier molecular flexibility index (Phi) is 3.22. The Morgan fingerprint density at radius 1 is 1.32 bits per heavy atom. The highest BCUT2D eigenvalue weighted by Gasteiger charge is 2.34. The summed E-state index contributed by atoms with van der Waals surface area (Å²) in [6.07, 6.45) is 4.12. The number of hydrogen-bond acceptors (Lipinski definition) is 3. The summed E-state index contributed by atoms with van der Waals surface area (Å²) in [5.41, 5.74) is 4.32. The molecule has 1 amide bonds. The molecular formula is C17H19N3O2. The van der Waals surface area contributed by atoms with Gasteiger partial charge in [-0.1, -0.05) is 24.3 Å². The van der Waals surface area contributed by atoms with Crippen LogP contribution in [0.4, 0.5) is 0 Å². The Balaban J connectivity index is 1.49. The summed E-state index contributed by atoms with van der Waals surface area (Å²) in [4.78, 5) is 20.0. The van der Waals surface area contributed by atoms with E-state index in [-0.39, 0.29) is 17.9 Å². The van der Waals surface area contributed by atoms with Gasteiger partial charge < -0.3 is 15.4 Å². The molecule has 0 radical (unpaired) electrons. The van der Waals surface area contributed by atoms with Crippen molar-refractivity contribution in [3.63, 3.8) is 0 Å². The number of amides is 1. The molecule has 4 rings (SSSR count). The van der Waals surface area contributed by atoms with Gasteiger partial charge in [0.05, 0.1) is 24.2 Å². The van der Waals surface area contributed by atoms with Gasteiger partial charge in [-0.3, -0.25) is 4.79 Å². The zero-order valence-corrected chi connectivity index (χ0v) is 12.2. The number of nitrogens with one attached hydrogen (secondary N) is 2. The van der Waals surface area contributed by atoms with Crippen molar-refractivity contribution in [1.82, 2.24) is 15.3 Å². The normalized spacial score (nSPS) is 26.3. The minimum atomic E-state index is -0.535. The number of aromatic amines is 1. The Labute approximate surface area is 128 Å². The van der Waals surface area contributed by atoms with Crippen LogP contribution in [0.2, 0.25) is 0 Å². The van der Waals surface area contributed by atoms with E-state index in [9.17, 15) is 9.90 Å². The van der Waals surface area contributed by atoms with E-state index in [4.69, 9.17) is 0 Å². The number of imidazole rings is 1. The lowest BCUT2D eigenvalue weighted by atomic mass is 9.89. The van der Waals surface area contributed by atoms with Gasteiger partial charge in [0.1, 0.15) is 0 Å². The molecule has 0 saturated heterocycles. The summed E-state index contributed by atoms with van der Waals surface area (Å²) >= 11 is 0. The number of nitrogens with zero attached hydrogens (tertiary/aromatic N) is 1. The summed E-state index contributed by atoms with van der Waals surface area (Å²) in [5, 5.41) is 13.3. The third kappa shape index (κ3) is 2.22. The van der Waals surface area contributed by atoms with Gasteiger partial charge in [0.25, 0.3) is 0 Å². The minimum Gasteiger partial charge on any atom is -0.390 e. The predicted molar refractivity (Wildman–Crippen MR) is 81.1 cm³/mol. The standard InChI is InChI=1S/C17H19N3O2/c21-15-8-10-3-1-2-4-12(10)16(15)20-17(22)11-5-6-13-14(7-11)19-9-18-13/h1-4,9,11,15-16,21H,5-8H2,(H,18,19)(H,20,22)/t11-,15-,16+/m0/s1. The van der Waals surface area contributed by atoms with E-state index in [1.165, 1.54) is 0 Å². The van der Waals surface area contributed by atoms with Crippen molar-refractivity contribution < 1.29 is 9.90 Å². The first-order chi connectivity index (χ1) is 10.7. The van der Waals surface area contributed by atoms with Crippen molar-refractivity contribution in [3.8, 4) is 0 Å². The van der Waals surface area contributed by atoms with Gasteiger partial charge in [-0.2, -0.15) is 0 Å². The number of benzene rings is 1. The number of aromatic nitrogens is 2. The molecule has 5 heteroatoms. The number of aryl methyl sites for hydroxylation is 1. The van der Waals surface area contributed by atoms with Crippen molar-refractivity contribution in [2.75, 3.05) is 0 Å². The summed E-state index contributed by atoms with van der Waals surface area (Å²) in [6, 6.07) is 7.64. The molecule has 0 saturated carbocycles. The molecule has 0 fully saturated rings. The molecule has 1 heterocycles. The number of H-pyrrole nitrogens is 1. The number of aliphatic hydroxyl groups is 1. The number of aliphatic hydroxyl groups excluding tert-OH is 1. The highest BCUT2D eigenvalue weighted by Crippen LogP contribution is 2.32. The second-order valence-electron chi connectivity index (χ2n) is 6.22. The number of carbonyl (C=O) groups is 1. The van der Waals surface area contributed by atoms with E-state index in [0.29, 0.717) is 12.8 Å². The molecular weight excluding hydrogens is 278 g/mol. The lowest BCUT2D eigenvalue weighted by molar-refractivity contribution is -0.126. The van der Waals surface area contributed by atoms with Gasteiger partial charge in [-0.15, -0.1) is 0 Å². The van der Waals surface area contributed by atoms with Crippen LogP contribution >= 0.6 is 0 Å². The fourth-order valence-electron chi connectivity index (χ4n) is 3.64. The highest BCUT2D eigenvalue weighted by atomic mass is 16.3. The highest BCUT2D eigenvalue weighted by molar-refractivity contribution is 5.80. The fraction of sp³-hybridized carbons (Fsp3) is 0.412. The molecule has 2 aliphatic rings. The van der Waals surface area contributed by atoms with Crippen LogP contribution in [0.1, 0.15) is 35.0 Å². The van der Waals surface area contributed by atoms with E-state index in [1.54, 1.807) is 6.33 Å².